The number of halogens is 1. The first-order chi connectivity index (χ1) is 12.6. The van der Waals surface area contributed by atoms with Gasteiger partial charge >= 0.3 is 0 Å². The Morgan fingerprint density at radius 1 is 1.31 bits per heavy atom. The molecule has 0 aliphatic heterocycles. The average Bonchev–Trinajstić information content (AvgIpc) is 3.16. The smallest absolute Gasteiger partial charge is 0.254 e. The van der Waals surface area contributed by atoms with Gasteiger partial charge in [0.1, 0.15) is 12.1 Å². The number of hydrogen-bond donors (Lipinski definition) is 1. The fraction of sp³-hybridized carbons (Fsp3) is 0.222. The maximum Gasteiger partial charge on any atom is 0.254 e. The molecule has 1 unspecified atom stereocenters. The standard InChI is InChI=1S/C18H18ClN5O2/c1-3-26-17-7-5-4-6-14(17)12(2)21-18(25)15-10-13(19)8-9-16(15)24-11-20-22-23-24/h4-12H,3H2,1-2H3,(H,21,25). The van der Waals surface area contributed by atoms with E-state index in [1.165, 1.54) is 11.0 Å². The van der Waals surface area contributed by atoms with E-state index in [0.717, 1.165) is 11.3 Å². The molecule has 0 spiro atoms. The molecule has 1 heterocycles. The molecular formula is C18H18ClN5O2. The molecule has 0 aliphatic carbocycles. The molecule has 1 N–H and O–H groups in total. The molecule has 3 aromatic rings. The molecule has 1 amide bonds. The molecule has 8 heteroatoms. The van der Waals surface area contributed by atoms with Gasteiger partial charge in [0.15, 0.2) is 0 Å². The lowest BCUT2D eigenvalue weighted by Crippen LogP contribution is -2.28. The van der Waals surface area contributed by atoms with E-state index in [0.29, 0.717) is 22.9 Å². The molecule has 0 fully saturated rings. The van der Waals surface area contributed by atoms with Crippen molar-refractivity contribution in [2.75, 3.05) is 6.61 Å². The molecule has 2 aromatic carbocycles. The van der Waals surface area contributed by atoms with Gasteiger partial charge in [0.05, 0.1) is 23.9 Å². The Kier molecular flexibility index (Phi) is 5.48. The maximum atomic E-state index is 12.9. The number of carbonyl (C=O) groups excluding carboxylic acids is 1. The van der Waals surface area contributed by atoms with Crippen molar-refractivity contribution >= 4 is 17.5 Å². The van der Waals surface area contributed by atoms with E-state index in [9.17, 15) is 4.79 Å². The number of carbonyl (C=O) groups is 1. The van der Waals surface area contributed by atoms with Crippen LogP contribution in [0.5, 0.6) is 5.75 Å². The van der Waals surface area contributed by atoms with Crippen LogP contribution in [0.15, 0.2) is 48.8 Å². The van der Waals surface area contributed by atoms with Crippen LogP contribution in [0.2, 0.25) is 5.02 Å². The van der Waals surface area contributed by atoms with Crippen molar-refractivity contribution in [1.29, 1.82) is 0 Å². The quantitative estimate of drug-likeness (QED) is 0.719. The number of nitrogens with one attached hydrogen (secondary N) is 1. The number of benzene rings is 2. The van der Waals surface area contributed by atoms with Gasteiger partial charge in [-0.3, -0.25) is 4.79 Å². The topological polar surface area (TPSA) is 81.9 Å². The molecule has 0 bridgehead atoms. The predicted molar refractivity (Wildman–Crippen MR) is 97.7 cm³/mol. The molecule has 134 valence electrons. The van der Waals surface area contributed by atoms with Gasteiger partial charge in [0, 0.05) is 10.6 Å². The molecule has 1 atom stereocenters. The highest BCUT2D eigenvalue weighted by Crippen LogP contribution is 2.26. The number of nitrogens with zero attached hydrogens (tertiary/aromatic N) is 4. The zero-order chi connectivity index (χ0) is 18.5. The summed E-state index contributed by atoms with van der Waals surface area (Å²) in [5.41, 5.74) is 1.82. The Balaban J connectivity index is 1.88. The van der Waals surface area contributed by atoms with Crippen LogP contribution in [0.3, 0.4) is 0 Å². The van der Waals surface area contributed by atoms with Gasteiger partial charge in [-0.05, 0) is 48.5 Å². The van der Waals surface area contributed by atoms with Crippen LogP contribution in [0.25, 0.3) is 5.69 Å². The van der Waals surface area contributed by atoms with E-state index in [1.807, 2.05) is 38.1 Å². The van der Waals surface area contributed by atoms with E-state index in [1.54, 1.807) is 18.2 Å². The molecule has 0 aliphatic rings. The summed E-state index contributed by atoms with van der Waals surface area (Å²) in [7, 11) is 0. The molecule has 3 rings (SSSR count). The lowest BCUT2D eigenvalue weighted by molar-refractivity contribution is 0.0939. The summed E-state index contributed by atoms with van der Waals surface area (Å²) < 4.78 is 7.06. The molecule has 1 aromatic heterocycles. The Hall–Kier alpha value is -2.93. The van der Waals surface area contributed by atoms with E-state index < -0.39 is 0 Å². The van der Waals surface area contributed by atoms with Gasteiger partial charge in [0.2, 0.25) is 0 Å². The van der Waals surface area contributed by atoms with Crippen molar-refractivity contribution in [2.45, 2.75) is 19.9 Å². The fourth-order valence-electron chi connectivity index (χ4n) is 2.64. The van der Waals surface area contributed by atoms with Crippen LogP contribution in [-0.4, -0.2) is 32.7 Å². The molecular weight excluding hydrogens is 354 g/mol. The van der Waals surface area contributed by atoms with Crippen molar-refractivity contribution in [3.05, 3.63) is 64.9 Å². The van der Waals surface area contributed by atoms with E-state index in [4.69, 9.17) is 16.3 Å². The van der Waals surface area contributed by atoms with Crippen LogP contribution in [0, 0.1) is 0 Å². The highest BCUT2D eigenvalue weighted by atomic mass is 35.5. The Morgan fingerprint density at radius 3 is 2.85 bits per heavy atom. The van der Waals surface area contributed by atoms with Crippen molar-refractivity contribution in [2.24, 2.45) is 0 Å². The van der Waals surface area contributed by atoms with Crippen molar-refractivity contribution in [1.82, 2.24) is 25.5 Å². The van der Waals surface area contributed by atoms with Gasteiger partial charge in [-0.25, -0.2) is 0 Å². The number of hydrogen-bond acceptors (Lipinski definition) is 5. The van der Waals surface area contributed by atoms with E-state index in [-0.39, 0.29) is 11.9 Å². The number of amides is 1. The van der Waals surface area contributed by atoms with Gasteiger partial charge in [0.25, 0.3) is 5.91 Å². The zero-order valence-corrected chi connectivity index (χ0v) is 15.1. The van der Waals surface area contributed by atoms with Crippen molar-refractivity contribution in [3.8, 4) is 11.4 Å². The summed E-state index contributed by atoms with van der Waals surface area (Å²) in [4.78, 5) is 12.9. The fourth-order valence-corrected chi connectivity index (χ4v) is 2.81. The molecule has 7 nitrogen and oxygen atoms in total. The minimum absolute atomic E-state index is 0.258. The third-order valence-corrected chi connectivity index (χ3v) is 4.07. The summed E-state index contributed by atoms with van der Waals surface area (Å²) in [6, 6.07) is 12.3. The number of rotatable bonds is 6. The molecule has 0 saturated carbocycles. The number of tetrazole rings is 1. The van der Waals surface area contributed by atoms with Crippen LogP contribution in [0.1, 0.15) is 35.8 Å². The number of para-hydroxylation sites is 1. The van der Waals surface area contributed by atoms with Gasteiger partial charge in [-0.2, -0.15) is 4.68 Å². The number of aromatic nitrogens is 4. The minimum atomic E-state index is -0.281. The summed E-state index contributed by atoms with van der Waals surface area (Å²) in [6.07, 6.45) is 1.42. The Morgan fingerprint density at radius 2 is 2.12 bits per heavy atom. The van der Waals surface area contributed by atoms with Gasteiger partial charge in [-0.1, -0.05) is 29.8 Å². The number of ether oxygens (including phenoxy) is 1. The SMILES string of the molecule is CCOc1ccccc1C(C)NC(=O)c1cc(Cl)ccc1-n1cnnn1. The van der Waals surface area contributed by atoms with Crippen LogP contribution >= 0.6 is 11.6 Å². The molecule has 26 heavy (non-hydrogen) atoms. The van der Waals surface area contributed by atoms with Crippen molar-refractivity contribution in [3.63, 3.8) is 0 Å². The molecule has 0 saturated heterocycles. The van der Waals surface area contributed by atoms with Crippen LogP contribution in [0.4, 0.5) is 0 Å². The monoisotopic (exact) mass is 371 g/mol. The second-order valence-corrected chi connectivity index (χ2v) is 6.02. The maximum absolute atomic E-state index is 12.9. The van der Waals surface area contributed by atoms with Gasteiger partial charge in [-0.15, -0.1) is 5.10 Å². The van der Waals surface area contributed by atoms with E-state index in [2.05, 4.69) is 20.8 Å². The second kappa shape index (κ2) is 7.97. The first-order valence-electron chi connectivity index (χ1n) is 8.15. The summed E-state index contributed by atoms with van der Waals surface area (Å²) in [5, 5.41) is 14.5. The first kappa shape index (κ1) is 17.9. The summed E-state index contributed by atoms with van der Waals surface area (Å²) >= 11 is 6.08. The van der Waals surface area contributed by atoms with Crippen LogP contribution < -0.4 is 10.1 Å². The summed E-state index contributed by atoms with van der Waals surface area (Å²) in [5.74, 6) is 0.464. The molecule has 0 radical (unpaired) electrons. The Labute approximate surface area is 155 Å². The first-order valence-corrected chi connectivity index (χ1v) is 8.53. The third-order valence-electron chi connectivity index (χ3n) is 3.83. The minimum Gasteiger partial charge on any atom is -0.494 e. The lowest BCUT2D eigenvalue weighted by Gasteiger charge is -2.19. The second-order valence-electron chi connectivity index (χ2n) is 5.58. The highest BCUT2D eigenvalue weighted by molar-refractivity contribution is 6.31. The van der Waals surface area contributed by atoms with Crippen molar-refractivity contribution < 1.29 is 9.53 Å². The Bertz CT molecular complexity index is 898. The van der Waals surface area contributed by atoms with Crippen LogP contribution in [-0.2, 0) is 0 Å². The average molecular weight is 372 g/mol. The highest BCUT2D eigenvalue weighted by Gasteiger charge is 2.19. The third kappa shape index (κ3) is 3.83. The predicted octanol–water partition coefficient (Wildman–Crippen LogP) is 3.21. The van der Waals surface area contributed by atoms with E-state index >= 15 is 0 Å². The summed E-state index contributed by atoms with van der Waals surface area (Å²) in [6.45, 7) is 4.37. The van der Waals surface area contributed by atoms with Gasteiger partial charge < -0.3 is 10.1 Å². The lowest BCUT2D eigenvalue weighted by atomic mass is 10.1. The normalized spacial score (nSPS) is 11.8. The zero-order valence-electron chi connectivity index (χ0n) is 14.4. The largest absolute Gasteiger partial charge is 0.494 e.